The third kappa shape index (κ3) is 5.01. The second-order valence-corrected chi connectivity index (χ2v) is 6.31. The Morgan fingerprint density at radius 2 is 1.88 bits per heavy atom. The highest BCUT2D eigenvalue weighted by molar-refractivity contribution is 5.83. The zero-order chi connectivity index (χ0) is 19.5. The molecule has 26 heavy (non-hydrogen) atoms. The summed E-state index contributed by atoms with van der Waals surface area (Å²) < 4.78 is 38.6. The summed E-state index contributed by atoms with van der Waals surface area (Å²) in [7, 11) is 3.52. The van der Waals surface area contributed by atoms with Gasteiger partial charge in [0.05, 0.1) is 6.54 Å². The quantitative estimate of drug-likeness (QED) is 0.884. The number of aryl methyl sites for hydroxylation is 2. The van der Waals surface area contributed by atoms with Crippen LogP contribution in [0.3, 0.4) is 0 Å². The fourth-order valence-corrected chi connectivity index (χ4v) is 2.64. The maximum atomic E-state index is 12.9. The Bertz CT molecular complexity index is 790. The maximum Gasteiger partial charge on any atom is 0.433 e. The molecule has 140 valence electrons. The van der Waals surface area contributed by atoms with E-state index >= 15 is 0 Å². The fraction of sp³-hybridized carbons (Fsp3) is 0.389. The standard InChI is InChI=1S/C18H21F3N4O/c1-11-6-5-7-13(8-11)16(25(3)4)17(26)22-10-15-23-12(2)9-14(24-15)18(19,20)21/h5-9,16H,10H2,1-4H3,(H,22,26)/t16-/m1/s1. The molecule has 0 radical (unpaired) electrons. The van der Waals surface area contributed by atoms with E-state index in [2.05, 4.69) is 15.3 Å². The van der Waals surface area contributed by atoms with E-state index in [1.54, 1.807) is 19.0 Å². The van der Waals surface area contributed by atoms with Crippen LogP contribution in [0.1, 0.15) is 34.4 Å². The highest BCUT2D eigenvalue weighted by Gasteiger charge is 2.33. The number of hydrogen-bond acceptors (Lipinski definition) is 4. The van der Waals surface area contributed by atoms with Crippen LogP contribution in [0.15, 0.2) is 30.3 Å². The highest BCUT2D eigenvalue weighted by atomic mass is 19.4. The van der Waals surface area contributed by atoms with Crippen LogP contribution in [0, 0.1) is 13.8 Å². The number of halogens is 3. The van der Waals surface area contributed by atoms with Crippen LogP contribution in [0.5, 0.6) is 0 Å². The van der Waals surface area contributed by atoms with Gasteiger partial charge in [-0.15, -0.1) is 0 Å². The van der Waals surface area contributed by atoms with Crippen molar-refractivity contribution in [3.63, 3.8) is 0 Å². The Hall–Kier alpha value is -2.48. The number of rotatable bonds is 5. The summed E-state index contributed by atoms with van der Waals surface area (Å²) >= 11 is 0. The molecule has 8 heteroatoms. The number of carbonyl (C=O) groups excluding carboxylic acids is 1. The lowest BCUT2D eigenvalue weighted by molar-refractivity contribution is -0.141. The van der Waals surface area contributed by atoms with Gasteiger partial charge in [0.15, 0.2) is 0 Å². The largest absolute Gasteiger partial charge is 0.433 e. The number of nitrogens with zero attached hydrogens (tertiary/aromatic N) is 3. The minimum absolute atomic E-state index is 0.0765. The van der Waals surface area contributed by atoms with E-state index in [1.165, 1.54) is 6.92 Å². The van der Waals surface area contributed by atoms with Crippen molar-refractivity contribution in [2.45, 2.75) is 32.6 Å². The molecule has 0 aliphatic rings. The summed E-state index contributed by atoms with van der Waals surface area (Å²) in [6.07, 6.45) is -4.56. The van der Waals surface area contributed by atoms with E-state index in [-0.39, 0.29) is 24.0 Å². The molecule has 2 aromatic rings. The van der Waals surface area contributed by atoms with Crippen molar-refractivity contribution in [1.82, 2.24) is 20.2 Å². The van der Waals surface area contributed by atoms with Crippen molar-refractivity contribution in [3.05, 3.63) is 58.7 Å². The number of benzene rings is 1. The lowest BCUT2D eigenvalue weighted by Crippen LogP contribution is -2.37. The van der Waals surface area contributed by atoms with E-state index in [4.69, 9.17) is 0 Å². The van der Waals surface area contributed by atoms with Gasteiger partial charge in [0, 0.05) is 5.69 Å². The predicted molar refractivity (Wildman–Crippen MR) is 91.2 cm³/mol. The summed E-state index contributed by atoms with van der Waals surface area (Å²) in [6.45, 7) is 3.20. The van der Waals surface area contributed by atoms with Gasteiger partial charge in [-0.05, 0) is 39.6 Å². The molecule has 0 bridgehead atoms. The summed E-state index contributed by atoms with van der Waals surface area (Å²) in [5, 5.41) is 2.63. The van der Waals surface area contributed by atoms with Crippen molar-refractivity contribution in [1.29, 1.82) is 0 Å². The Kier molecular flexibility index (Phi) is 5.97. The highest BCUT2D eigenvalue weighted by Crippen LogP contribution is 2.27. The van der Waals surface area contributed by atoms with Crippen molar-refractivity contribution >= 4 is 5.91 Å². The van der Waals surface area contributed by atoms with Gasteiger partial charge in [-0.1, -0.05) is 29.8 Å². The predicted octanol–water partition coefficient (Wildman–Crippen LogP) is 3.03. The van der Waals surface area contributed by atoms with Crippen LogP contribution in [-0.2, 0) is 17.5 Å². The minimum atomic E-state index is -4.56. The Morgan fingerprint density at radius 3 is 2.46 bits per heavy atom. The molecule has 2 rings (SSSR count). The molecule has 1 N–H and O–H groups in total. The summed E-state index contributed by atoms with van der Waals surface area (Å²) in [5.41, 5.74) is 0.990. The molecule has 5 nitrogen and oxygen atoms in total. The monoisotopic (exact) mass is 366 g/mol. The molecular formula is C18H21F3N4O. The van der Waals surface area contributed by atoms with E-state index in [1.807, 2.05) is 31.2 Å². The van der Waals surface area contributed by atoms with Gasteiger partial charge in [0.2, 0.25) is 5.91 Å². The van der Waals surface area contributed by atoms with Gasteiger partial charge in [0.1, 0.15) is 17.6 Å². The molecule has 0 aliphatic heterocycles. The molecule has 0 fully saturated rings. The van der Waals surface area contributed by atoms with Crippen LogP contribution in [0.2, 0.25) is 0 Å². The topological polar surface area (TPSA) is 58.1 Å². The Balaban J connectivity index is 2.17. The van der Waals surface area contributed by atoms with Crippen molar-refractivity contribution < 1.29 is 18.0 Å². The molecule has 1 aromatic carbocycles. The fourth-order valence-electron chi connectivity index (χ4n) is 2.64. The minimum Gasteiger partial charge on any atom is -0.347 e. The molecule has 0 aliphatic carbocycles. The number of alkyl halides is 3. The van der Waals surface area contributed by atoms with Crippen LogP contribution in [0.4, 0.5) is 13.2 Å². The van der Waals surface area contributed by atoms with E-state index in [0.29, 0.717) is 0 Å². The van der Waals surface area contributed by atoms with Crippen LogP contribution in [0.25, 0.3) is 0 Å². The third-order valence-corrected chi connectivity index (χ3v) is 3.73. The molecule has 0 saturated heterocycles. The molecule has 1 aromatic heterocycles. The van der Waals surface area contributed by atoms with Gasteiger partial charge in [0.25, 0.3) is 0 Å². The molecule has 1 atom stereocenters. The van der Waals surface area contributed by atoms with Crippen molar-refractivity contribution in [2.24, 2.45) is 0 Å². The molecular weight excluding hydrogens is 345 g/mol. The van der Waals surface area contributed by atoms with Crippen molar-refractivity contribution in [2.75, 3.05) is 14.1 Å². The molecule has 0 unspecified atom stereocenters. The van der Waals surface area contributed by atoms with Crippen LogP contribution < -0.4 is 5.32 Å². The van der Waals surface area contributed by atoms with Gasteiger partial charge >= 0.3 is 6.18 Å². The summed E-state index contributed by atoms with van der Waals surface area (Å²) in [6, 6.07) is 7.82. The molecule has 1 amide bonds. The second-order valence-electron chi connectivity index (χ2n) is 6.31. The van der Waals surface area contributed by atoms with Gasteiger partial charge < -0.3 is 5.32 Å². The average molecular weight is 366 g/mol. The Labute approximate surface area is 150 Å². The van der Waals surface area contributed by atoms with Crippen LogP contribution >= 0.6 is 0 Å². The van der Waals surface area contributed by atoms with Gasteiger partial charge in [-0.25, -0.2) is 9.97 Å². The number of aromatic nitrogens is 2. The molecule has 0 spiro atoms. The lowest BCUT2D eigenvalue weighted by Gasteiger charge is -2.24. The van der Waals surface area contributed by atoms with Gasteiger partial charge in [-0.3, -0.25) is 9.69 Å². The number of hydrogen-bond donors (Lipinski definition) is 1. The lowest BCUT2D eigenvalue weighted by atomic mass is 10.0. The first-order chi connectivity index (χ1) is 12.1. The number of likely N-dealkylation sites (N-methyl/N-ethyl adjacent to an activating group) is 1. The van der Waals surface area contributed by atoms with Gasteiger partial charge in [-0.2, -0.15) is 13.2 Å². The molecule has 0 saturated carbocycles. The van der Waals surface area contributed by atoms with Crippen molar-refractivity contribution in [3.8, 4) is 0 Å². The Morgan fingerprint density at radius 1 is 1.19 bits per heavy atom. The smallest absolute Gasteiger partial charge is 0.347 e. The normalized spacial score (nSPS) is 12.9. The van der Waals surface area contributed by atoms with E-state index in [0.717, 1.165) is 17.2 Å². The number of amides is 1. The summed E-state index contributed by atoms with van der Waals surface area (Å²) in [5.74, 6) is -0.410. The average Bonchev–Trinajstić information content (AvgIpc) is 2.51. The van der Waals surface area contributed by atoms with E-state index in [9.17, 15) is 18.0 Å². The zero-order valence-corrected chi connectivity index (χ0v) is 15.1. The summed E-state index contributed by atoms with van der Waals surface area (Å²) in [4.78, 5) is 21.8. The third-order valence-electron chi connectivity index (χ3n) is 3.73. The maximum absolute atomic E-state index is 12.9. The second kappa shape index (κ2) is 7.82. The molecule has 1 heterocycles. The SMILES string of the molecule is Cc1cccc([C@H](C(=O)NCc2nc(C)cc(C(F)(F)F)n2)N(C)C)c1. The zero-order valence-electron chi connectivity index (χ0n) is 15.1. The number of nitrogens with one attached hydrogen (secondary N) is 1. The van der Waals surface area contributed by atoms with E-state index < -0.39 is 17.9 Å². The first-order valence-electron chi connectivity index (χ1n) is 8.00. The number of carbonyl (C=O) groups is 1. The first kappa shape index (κ1) is 19.8. The van der Waals surface area contributed by atoms with Crippen LogP contribution in [-0.4, -0.2) is 34.9 Å². The first-order valence-corrected chi connectivity index (χ1v) is 8.00.